The normalized spacial score (nSPS) is 9.95. The fourth-order valence-electron chi connectivity index (χ4n) is 1.40. The SMILES string of the molecule is O=C(O)c1cnccc1C(=O)Nc1ccc(Cl)cn1. The fourth-order valence-corrected chi connectivity index (χ4v) is 1.51. The molecule has 2 aromatic heterocycles. The Morgan fingerprint density at radius 3 is 2.58 bits per heavy atom. The maximum Gasteiger partial charge on any atom is 0.338 e. The Morgan fingerprint density at radius 2 is 1.95 bits per heavy atom. The van der Waals surface area contributed by atoms with E-state index in [-0.39, 0.29) is 16.9 Å². The third kappa shape index (κ3) is 3.05. The van der Waals surface area contributed by atoms with Gasteiger partial charge in [0.2, 0.25) is 0 Å². The summed E-state index contributed by atoms with van der Waals surface area (Å²) in [6, 6.07) is 4.41. The second-order valence-electron chi connectivity index (χ2n) is 3.54. The number of halogens is 1. The van der Waals surface area contributed by atoms with Gasteiger partial charge in [-0.3, -0.25) is 9.78 Å². The molecule has 0 fully saturated rings. The molecule has 0 bridgehead atoms. The third-order valence-electron chi connectivity index (χ3n) is 2.27. The predicted octanol–water partition coefficient (Wildman–Crippen LogP) is 2.08. The average molecular weight is 278 g/mol. The lowest BCUT2D eigenvalue weighted by molar-refractivity contribution is 0.0692. The molecule has 0 unspecified atom stereocenters. The van der Waals surface area contributed by atoms with Gasteiger partial charge in [0.05, 0.1) is 16.1 Å². The van der Waals surface area contributed by atoms with Crippen LogP contribution < -0.4 is 5.32 Å². The lowest BCUT2D eigenvalue weighted by Crippen LogP contribution is -2.17. The van der Waals surface area contributed by atoms with Gasteiger partial charge in [0.15, 0.2) is 0 Å². The minimum absolute atomic E-state index is 0.0132. The number of pyridine rings is 2. The molecule has 0 atom stereocenters. The molecule has 0 aliphatic rings. The van der Waals surface area contributed by atoms with Crippen molar-refractivity contribution < 1.29 is 14.7 Å². The van der Waals surface area contributed by atoms with Crippen molar-refractivity contribution in [3.63, 3.8) is 0 Å². The summed E-state index contributed by atoms with van der Waals surface area (Å²) in [5, 5.41) is 11.9. The Hall–Kier alpha value is -2.47. The Morgan fingerprint density at radius 1 is 1.16 bits per heavy atom. The van der Waals surface area contributed by atoms with Gasteiger partial charge in [0, 0.05) is 18.6 Å². The molecule has 1 amide bonds. The van der Waals surface area contributed by atoms with Crippen molar-refractivity contribution in [3.8, 4) is 0 Å². The van der Waals surface area contributed by atoms with Gasteiger partial charge in [0.1, 0.15) is 5.82 Å². The third-order valence-corrected chi connectivity index (χ3v) is 2.49. The number of carboxylic acid groups (broad SMARTS) is 1. The van der Waals surface area contributed by atoms with Crippen LogP contribution in [0, 0.1) is 0 Å². The second kappa shape index (κ2) is 5.45. The number of aromatic nitrogens is 2. The predicted molar refractivity (Wildman–Crippen MR) is 68.4 cm³/mol. The highest BCUT2D eigenvalue weighted by atomic mass is 35.5. The van der Waals surface area contributed by atoms with E-state index in [1.807, 2.05) is 0 Å². The number of amides is 1. The molecule has 19 heavy (non-hydrogen) atoms. The number of nitrogens with zero attached hydrogens (tertiary/aromatic N) is 2. The molecule has 0 aliphatic heterocycles. The quantitative estimate of drug-likeness (QED) is 0.896. The fraction of sp³-hybridized carbons (Fsp3) is 0. The molecule has 2 heterocycles. The topological polar surface area (TPSA) is 92.2 Å². The summed E-state index contributed by atoms with van der Waals surface area (Å²) < 4.78 is 0. The minimum Gasteiger partial charge on any atom is -0.478 e. The minimum atomic E-state index is -1.22. The number of hydrogen-bond donors (Lipinski definition) is 2. The first-order valence-electron chi connectivity index (χ1n) is 5.18. The Kier molecular flexibility index (Phi) is 3.72. The van der Waals surface area contributed by atoms with Crippen molar-refractivity contribution in [2.24, 2.45) is 0 Å². The van der Waals surface area contributed by atoms with Gasteiger partial charge in [-0.15, -0.1) is 0 Å². The monoisotopic (exact) mass is 277 g/mol. The largest absolute Gasteiger partial charge is 0.478 e. The first-order chi connectivity index (χ1) is 9.08. The molecular weight excluding hydrogens is 270 g/mol. The summed E-state index contributed by atoms with van der Waals surface area (Å²) in [4.78, 5) is 30.5. The van der Waals surface area contributed by atoms with E-state index in [2.05, 4.69) is 15.3 Å². The molecule has 0 saturated heterocycles. The summed E-state index contributed by atoms with van der Waals surface area (Å²) in [6.45, 7) is 0. The van der Waals surface area contributed by atoms with E-state index in [0.717, 1.165) is 6.20 Å². The van der Waals surface area contributed by atoms with Gasteiger partial charge in [0.25, 0.3) is 5.91 Å². The number of hydrogen-bond acceptors (Lipinski definition) is 4. The maximum atomic E-state index is 11.9. The van der Waals surface area contributed by atoms with E-state index in [1.165, 1.54) is 24.5 Å². The van der Waals surface area contributed by atoms with E-state index in [9.17, 15) is 9.59 Å². The van der Waals surface area contributed by atoms with Crippen LogP contribution in [0.3, 0.4) is 0 Å². The molecule has 2 aromatic rings. The van der Waals surface area contributed by atoms with Crippen LogP contribution in [0.5, 0.6) is 0 Å². The molecule has 0 saturated carbocycles. The lowest BCUT2D eigenvalue weighted by atomic mass is 10.1. The first-order valence-corrected chi connectivity index (χ1v) is 5.56. The zero-order chi connectivity index (χ0) is 13.8. The Labute approximate surface area is 113 Å². The standard InChI is InChI=1S/C12H8ClN3O3/c13-7-1-2-10(15-5-7)16-11(17)8-3-4-14-6-9(8)12(18)19/h1-6H,(H,18,19)(H,15,16,17). The van der Waals surface area contributed by atoms with Crippen LogP contribution in [0.1, 0.15) is 20.7 Å². The molecular formula is C12H8ClN3O3. The van der Waals surface area contributed by atoms with E-state index in [4.69, 9.17) is 16.7 Å². The van der Waals surface area contributed by atoms with Gasteiger partial charge < -0.3 is 10.4 Å². The van der Waals surface area contributed by atoms with E-state index in [1.54, 1.807) is 6.07 Å². The van der Waals surface area contributed by atoms with Crippen molar-refractivity contribution in [3.05, 3.63) is 52.9 Å². The summed E-state index contributed by atoms with van der Waals surface area (Å²) in [7, 11) is 0. The number of carbonyl (C=O) groups is 2. The van der Waals surface area contributed by atoms with Gasteiger partial charge in [-0.2, -0.15) is 0 Å². The van der Waals surface area contributed by atoms with Crippen LogP contribution in [0.2, 0.25) is 5.02 Å². The van der Waals surface area contributed by atoms with E-state index >= 15 is 0 Å². The van der Waals surface area contributed by atoms with Crippen LogP contribution >= 0.6 is 11.6 Å². The molecule has 0 aromatic carbocycles. The smallest absolute Gasteiger partial charge is 0.338 e. The average Bonchev–Trinajstić information content (AvgIpc) is 2.41. The van der Waals surface area contributed by atoms with E-state index in [0.29, 0.717) is 5.02 Å². The van der Waals surface area contributed by atoms with Crippen LogP contribution in [-0.2, 0) is 0 Å². The molecule has 2 rings (SSSR count). The van der Waals surface area contributed by atoms with Crippen LogP contribution in [0.25, 0.3) is 0 Å². The van der Waals surface area contributed by atoms with Crippen LogP contribution in [-0.4, -0.2) is 27.0 Å². The summed E-state index contributed by atoms with van der Waals surface area (Å²) in [5.41, 5.74) is -0.159. The maximum absolute atomic E-state index is 11.9. The Balaban J connectivity index is 2.25. The summed E-state index contributed by atoms with van der Waals surface area (Å²) in [5.74, 6) is -1.51. The van der Waals surface area contributed by atoms with Crippen LogP contribution in [0.15, 0.2) is 36.8 Å². The van der Waals surface area contributed by atoms with Crippen molar-refractivity contribution in [1.82, 2.24) is 9.97 Å². The van der Waals surface area contributed by atoms with E-state index < -0.39 is 11.9 Å². The Bertz CT molecular complexity index is 628. The highest BCUT2D eigenvalue weighted by Crippen LogP contribution is 2.13. The molecule has 2 N–H and O–H groups in total. The van der Waals surface area contributed by atoms with Crippen molar-refractivity contribution in [2.45, 2.75) is 0 Å². The molecule has 7 heteroatoms. The number of anilines is 1. The lowest BCUT2D eigenvalue weighted by Gasteiger charge is -2.06. The highest BCUT2D eigenvalue weighted by molar-refractivity contribution is 6.30. The molecule has 0 radical (unpaired) electrons. The molecule has 0 spiro atoms. The van der Waals surface area contributed by atoms with Crippen molar-refractivity contribution in [2.75, 3.05) is 5.32 Å². The second-order valence-corrected chi connectivity index (χ2v) is 3.98. The number of carboxylic acids is 1. The number of carbonyl (C=O) groups excluding carboxylic acids is 1. The van der Waals surface area contributed by atoms with Gasteiger partial charge >= 0.3 is 5.97 Å². The summed E-state index contributed by atoms with van der Waals surface area (Å²) >= 11 is 5.67. The first kappa shape index (κ1) is 13.0. The molecule has 6 nitrogen and oxygen atoms in total. The van der Waals surface area contributed by atoms with Crippen molar-refractivity contribution >= 4 is 29.3 Å². The van der Waals surface area contributed by atoms with Gasteiger partial charge in [-0.05, 0) is 18.2 Å². The number of rotatable bonds is 3. The van der Waals surface area contributed by atoms with Crippen LogP contribution in [0.4, 0.5) is 5.82 Å². The van der Waals surface area contributed by atoms with Gasteiger partial charge in [-0.25, -0.2) is 9.78 Å². The zero-order valence-electron chi connectivity index (χ0n) is 9.50. The summed E-state index contributed by atoms with van der Waals surface area (Å²) in [6.07, 6.45) is 3.84. The molecule has 0 aliphatic carbocycles. The zero-order valence-corrected chi connectivity index (χ0v) is 10.3. The molecule has 96 valence electrons. The van der Waals surface area contributed by atoms with Crippen molar-refractivity contribution in [1.29, 1.82) is 0 Å². The van der Waals surface area contributed by atoms with Gasteiger partial charge in [-0.1, -0.05) is 11.6 Å². The highest BCUT2D eigenvalue weighted by Gasteiger charge is 2.16. The number of nitrogens with one attached hydrogen (secondary N) is 1. The number of aromatic carboxylic acids is 1.